The lowest BCUT2D eigenvalue weighted by Crippen LogP contribution is -1.98. The van der Waals surface area contributed by atoms with Crippen molar-refractivity contribution >= 4 is 15.9 Å². The second-order valence-electron chi connectivity index (χ2n) is 4.37. The number of halogens is 1. The zero-order valence-corrected chi connectivity index (χ0v) is 11.4. The summed E-state index contributed by atoms with van der Waals surface area (Å²) in [7, 11) is 0. The van der Waals surface area contributed by atoms with Gasteiger partial charge in [0.05, 0.1) is 0 Å². The largest absolute Gasteiger partial charge is 0.451 e. The fourth-order valence-electron chi connectivity index (χ4n) is 1.70. The maximum Gasteiger partial charge on any atom is 0.169 e. The molecule has 17 heavy (non-hydrogen) atoms. The Morgan fingerprint density at radius 2 is 1.59 bits per heavy atom. The molecule has 2 aromatic rings. The van der Waals surface area contributed by atoms with E-state index in [1.54, 1.807) is 12.1 Å². The summed E-state index contributed by atoms with van der Waals surface area (Å²) < 4.78 is 5.97. The zero-order valence-electron chi connectivity index (χ0n) is 9.85. The summed E-state index contributed by atoms with van der Waals surface area (Å²) in [6.07, 6.45) is -0.706. The van der Waals surface area contributed by atoms with Gasteiger partial charge in [-0.3, -0.25) is 0 Å². The Balaban J connectivity index is 2.22. The minimum absolute atomic E-state index is 0.499. The zero-order chi connectivity index (χ0) is 12.4. The quantitative estimate of drug-likeness (QED) is 0.918. The second-order valence-corrected chi connectivity index (χ2v) is 5.15. The molecule has 2 nitrogen and oxygen atoms in total. The molecule has 1 aromatic heterocycles. The molecular formula is C14H15BrO2. The lowest BCUT2D eigenvalue weighted by atomic mass is 9.99. The topological polar surface area (TPSA) is 33.4 Å². The third-order valence-corrected chi connectivity index (χ3v) is 3.21. The molecule has 0 amide bonds. The van der Waals surface area contributed by atoms with Gasteiger partial charge in [-0.2, -0.15) is 0 Å². The van der Waals surface area contributed by atoms with E-state index in [2.05, 4.69) is 29.8 Å². The Labute approximate surface area is 109 Å². The highest BCUT2D eigenvalue weighted by molar-refractivity contribution is 9.10. The van der Waals surface area contributed by atoms with Gasteiger partial charge in [-0.15, -0.1) is 0 Å². The maximum absolute atomic E-state index is 10.1. The number of rotatable bonds is 3. The Bertz CT molecular complexity index is 485. The Morgan fingerprint density at radius 1 is 1.00 bits per heavy atom. The van der Waals surface area contributed by atoms with E-state index in [4.69, 9.17) is 4.42 Å². The van der Waals surface area contributed by atoms with E-state index in [0.29, 0.717) is 16.3 Å². The molecule has 0 aliphatic rings. The molecule has 0 bridgehead atoms. The van der Waals surface area contributed by atoms with Crippen LogP contribution in [0.4, 0.5) is 0 Å². The van der Waals surface area contributed by atoms with Crippen LogP contribution in [0.2, 0.25) is 0 Å². The van der Waals surface area contributed by atoms with Crippen LogP contribution in [0, 0.1) is 0 Å². The average molecular weight is 295 g/mol. The predicted molar refractivity (Wildman–Crippen MR) is 71.0 cm³/mol. The maximum atomic E-state index is 10.1. The van der Waals surface area contributed by atoms with Crippen LogP contribution in [-0.4, -0.2) is 5.11 Å². The number of hydrogen-bond acceptors (Lipinski definition) is 2. The molecular weight excluding hydrogens is 280 g/mol. The van der Waals surface area contributed by atoms with Crippen LogP contribution in [0.25, 0.3) is 0 Å². The van der Waals surface area contributed by atoms with E-state index in [-0.39, 0.29) is 0 Å². The minimum Gasteiger partial charge on any atom is -0.451 e. The molecule has 1 aromatic carbocycles. The lowest BCUT2D eigenvalue weighted by Gasteiger charge is -2.10. The normalized spacial score (nSPS) is 13.0. The van der Waals surface area contributed by atoms with Crippen LogP contribution in [0.3, 0.4) is 0 Å². The molecule has 1 atom stereocenters. The third-order valence-electron chi connectivity index (χ3n) is 2.78. The molecule has 0 fully saturated rings. The molecule has 0 spiro atoms. The van der Waals surface area contributed by atoms with E-state index in [0.717, 1.165) is 5.56 Å². The minimum atomic E-state index is -0.706. The van der Waals surface area contributed by atoms with E-state index >= 15 is 0 Å². The van der Waals surface area contributed by atoms with Crippen molar-refractivity contribution in [3.8, 4) is 0 Å². The van der Waals surface area contributed by atoms with E-state index < -0.39 is 6.10 Å². The van der Waals surface area contributed by atoms with E-state index in [1.807, 2.05) is 24.3 Å². The molecule has 1 heterocycles. The highest BCUT2D eigenvalue weighted by Crippen LogP contribution is 2.27. The van der Waals surface area contributed by atoms with Crippen LogP contribution in [0.15, 0.2) is 45.5 Å². The van der Waals surface area contributed by atoms with Crippen molar-refractivity contribution in [3.63, 3.8) is 0 Å². The Kier molecular flexibility index (Phi) is 3.69. The second kappa shape index (κ2) is 5.07. The van der Waals surface area contributed by atoms with Crippen molar-refractivity contribution in [1.29, 1.82) is 0 Å². The molecule has 0 saturated heterocycles. The van der Waals surface area contributed by atoms with Gasteiger partial charge in [-0.1, -0.05) is 38.1 Å². The Hall–Kier alpha value is -1.06. The molecule has 90 valence electrons. The van der Waals surface area contributed by atoms with Crippen LogP contribution in [0.5, 0.6) is 0 Å². The third kappa shape index (κ3) is 2.79. The molecule has 2 rings (SSSR count). The number of aliphatic hydroxyl groups excluding tert-OH is 1. The van der Waals surface area contributed by atoms with Crippen LogP contribution >= 0.6 is 15.9 Å². The summed E-state index contributed by atoms with van der Waals surface area (Å²) in [6.45, 7) is 4.30. The highest BCUT2D eigenvalue weighted by Gasteiger charge is 2.14. The van der Waals surface area contributed by atoms with Gasteiger partial charge < -0.3 is 9.52 Å². The summed E-state index contributed by atoms with van der Waals surface area (Å²) in [4.78, 5) is 0. The molecule has 0 aliphatic heterocycles. The van der Waals surface area contributed by atoms with Gasteiger partial charge in [0.2, 0.25) is 0 Å². The summed E-state index contributed by atoms with van der Waals surface area (Å²) in [5, 5.41) is 10.1. The fraction of sp³-hybridized carbons (Fsp3) is 0.286. The van der Waals surface area contributed by atoms with Crippen molar-refractivity contribution in [2.24, 2.45) is 0 Å². The molecule has 0 saturated carbocycles. The van der Waals surface area contributed by atoms with Gasteiger partial charge in [0.1, 0.15) is 11.9 Å². The monoisotopic (exact) mass is 294 g/mol. The Morgan fingerprint density at radius 3 is 2.06 bits per heavy atom. The number of hydrogen-bond donors (Lipinski definition) is 1. The van der Waals surface area contributed by atoms with Gasteiger partial charge in [-0.25, -0.2) is 0 Å². The van der Waals surface area contributed by atoms with E-state index in [1.165, 1.54) is 5.56 Å². The van der Waals surface area contributed by atoms with Crippen LogP contribution in [0.1, 0.15) is 42.8 Å². The summed E-state index contributed by atoms with van der Waals surface area (Å²) in [5.74, 6) is 1.05. The first kappa shape index (κ1) is 12.4. The number of benzene rings is 1. The van der Waals surface area contributed by atoms with Gasteiger partial charge in [0.15, 0.2) is 4.67 Å². The van der Waals surface area contributed by atoms with E-state index in [9.17, 15) is 5.11 Å². The van der Waals surface area contributed by atoms with Crippen molar-refractivity contribution in [2.45, 2.75) is 25.9 Å². The molecule has 3 heteroatoms. The fourth-order valence-corrected chi connectivity index (χ4v) is 2.02. The van der Waals surface area contributed by atoms with Crippen molar-refractivity contribution in [3.05, 3.63) is 58.0 Å². The van der Waals surface area contributed by atoms with Crippen molar-refractivity contribution < 1.29 is 9.52 Å². The molecule has 1 N–H and O–H groups in total. The first-order valence-electron chi connectivity index (χ1n) is 5.61. The molecule has 1 unspecified atom stereocenters. The van der Waals surface area contributed by atoms with Crippen molar-refractivity contribution in [2.75, 3.05) is 0 Å². The predicted octanol–water partition coefficient (Wildman–Crippen LogP) is 4.25. The van der Waals surface area contributed by atoms with Crippen molar-refractivity contribution in [1.82, 2.24) is 0 Å². The first-order chi connectivity index (χ1) is 8.08. The van der Waals surface area contributed by atoms with Crippen LogP contribution < -0.4 is 0 Å². The SMILES string of the molecule is CC(C)c1ccc(C(O)c2ccc(Br)o2)cc1. The lowest BCUT2D eigenvalue weighted by molar-refractivity contribution is 0.187. The smallest absolute Gasteiger partial charge is 0.169 e. The summed E-state index contributed by atoms with van der Waals surface area (Å²) in [6, 6.07) is 11.5. The first-order valence-corrected chi connectivity index (χ1v) is 6.40. The molecule has 0 radical (unpaired) electrons. The molecule has 0 aliphatic carbocycles. The van der Waals surface area contributed by atoms with Gasteiger partial charge in [0, 0.05) is 0 Å². The summed E-state index contributed by atoms with van der Waals surface area (Å²) in [5.41, 5.74) is 2.11. The van der Waals surface area contributed by atoms with Gasteiger partial charge >= 0.3 is 0 Å². The number of aliphatic hydroxyl groups is 1. The highest BCUT2D eigenvalue weighted by atomic mass is 79.9. The standard InChI is InChI=1S/C14H15BrO2/c1-9(2)10-3-5-11(6-4-10)14(16)12-7-8-13(15)17-12/h3-9,14,16H,1-2H3. The van der Waals surface area contributed by atoms with Gasteiger partial charge in [-0.05, 0) is 45.1 Å². The number of furan rings is 1. The van der Waals surface area contributed by atoms with Gasteiger partial charge in [0.25, 0.3) is 0 Å². The average Bonchev–Trinajstić information content (AvgIpc) is 2.75. The summed E-state index contributed by atoms with van der Waals surface area (Å²) >= 11 is 3.23. The van der Waals surface area contributed by atoms with Crippen LogP contribution in [-0.2, 0) is 0 Å².